The number of hydrogen-bond acceptors (Lipinski definition) is 3. The molecule has 2 fully saturated rings. The summed E-state index contributed by atoms with van der Waals surface area (Å²) in [6, 6.07) is 0. The van der Waals surface area contributed by atoms with Crippen molar-refractivity contribution in [2.45, 2.75) is 33.0 Å². The van der Waals surface area contributed by atoms with Gasteiger partial charge in [0, 0.05) is 13.1 Å². The van der Waals surface area contributed by atoms with Gasteiger partial charge in [0.2, 0.25) is 5.91 Å². The largest absolute Gasteiger partial charge is 0.481 e. The van der Waals surface area contributed by atoms with Gasteiger partial charge in [-0.05, 0) is 19.8 Å². The lowest BCUT2D eigenvalue weighted by Gasteiger charge is -2.39. The van der Waals surface area contributed by atoms with Gasteiger partial charge in [0.15, 0.2) is 0 Å². The molecule has 0 bridgehead atoms. The van der Waals surface area contributed by atoms with Gasteiger partial charge in [0.25, 0.3) is 0 Å². The number of hydrogen-bond donors (Lipinski definition) is 1. The highest BCUT2D eigenvalue weighted by molar-refractivity contribution is 5.83. The number of carbonyl (C=O) groups excluding carboxylic acids is 1. The minimum Gasteiger partial charge on any atom is -0.481 e. The molecule has 2 heterocycles. The van der Waals surface area contributed by atoms with Gasteiger partial charge in [-0.3, -0.25) is 9.59 Å². The van der Waals surface area contributed by atoms with Crippen LogP contribution < -0.4 is 0 Å². The number of aliphatic carboxylic acids is 1. The summed E-state index contributed by atoms with van der Waals surface area (Å²) in [5.74, 6) is -1.08. The third-order valence-electron chi connectivity index (χ3n) is 4.07. The third-order valence-corrected chi connectivity index (χ3v) is 4.07. The van der Waals surface area contributed by atoms with Crippen LogP contribution in [-0.2, 0) is 14.3 Å². The second kappa shape index (κ2) is 4.29. The first-order valence-electron chi connectivity index (χ1n) is 6.09. The van der Waals surface area contributed by atoms with Crippen LogP contribution >= 0.6 is 0 Å². The number of likely N-dealkylation sites (tertiary alicyclic amines) is 1. The van der Waals surface area contributed by atoms with Crippen LogP contribution in [0.15, 0.2) is 0 Å². The average Bonchev–Trinajstić information content (AvgIpc) is 2.37. The van der Waals surface area contributed by atoms with E-state index in [9.17, 15) is 9.59 Å². The van der Waals surface area contributed by atoms with Crippen molar-refractivity contribution in [2.24, 2.45) is 17.8 Å². The molecular weight excluding hydrogens is 222 g/mol. The number of rotatable bonds is 2. The summed E-state index contributed by atoms with van der Waals surface area (Å²) in [5.41, 5.74) is 0. The van der Waals surface area contributed by atoms with E-state index in [0.29, 0.717) is 13.1 Å². The van der Waals surface area contributed by atoms with E-state index in [0.717, 1.165) is 0 Å². The van der Waals surface area contributed by atoms with Crippen LogP contribution in [0.5, 0.6) is 0 Å². The Labute approximate surface area is 101 Å². The fourth-order valence-corrected chi connectivity index (χ4v) is 2.72. The molecule has 4 atom stereocenters. The van der Waals surface area contributed by atoms with E-state index in [4.69, 9.17) is 9.84 Å². The van der Waals surface area contributed by atoms with Crippen LogP contribution in [0.4, 0.5) is 0 Å². The van der Waals surface area contributed by atoms with Crippen molar-refractivity contribution >= 4 is 11.9 Å². The number of ether oxygens (including phenoxy) is 1. The summed E-state index contributed by atoms with van der Waals surface area (Å²) in [6.45, 7) is 6.60. The molecule has 1 amide bonds. The van der Waals surface area contributed by atoms with Crippen LogP contribution in [0.3, 0.4) is 0 Å². The molecule has 2 aliphatic heterocycles. The first-order chi connectivity index (χ1) is 7.91. The van der Waals surface area contributed by atoms with E-state index in [-0.39, 0.29) is 35.9 Å². The zero-order valence-electron chi connectivity index (χ0n) is 10.4. The fourth-order valence-electron chi connectivity index (χ4n) is 2.72. The molecule has 2 aliphatic rings. The predicted molar refractivity (Wildman–Crippen MR) is 60.4 cm³/mol. The smallest absolute Gasteiger partial charge is 0.310 e. The zero-order valence-corrected chi connectivity index (χ0v) is 10.4. The Balaban J connectivity index is 1.95. The Morgan fingerprint density at radius 3 is 2.18 bits per heavy atom. The molecule has 1 N–H and O–H groups in total. The van der Waals surface area contributed by atoms with Crippen LogP contribution in [-0.4, -0.2) is 47.2 Å². The minimum atomic E-state index is -0.814. The van der Waals surface area contributed by atoms with Gasteiger partial charge < -0.3 is 14.7 Å². The average molecular weight is 241 g/mol. The maximum Gasteiger partial charge on any atom is 0.310 e. The summed E-state index contributed by atoms with van der Waals surface area (Å²) in [5, 5.41) is 8.78. The number of nitrogens with zero attached hydrogens (tertiary/aromatic N) is 1. The Morgan fingerprint density at radius 1 is 1.18 bits per heavy atom. The number of carboxylic acid groups (broad SMARTS) is 1. The van der Waals surface area contributed by atoms with Crippen molar-refractivity contribution in [3.05, 3.63) is 0 Å². The standard InChI is InChI=1S/C12H19NO4/c1-6-7(2)17-8(3)10(6)11(14)13-4-9(5-13)12(15)16/h6-10H,4-5H2,1-3H3,(H,15,16). The Kier molecular flexibility index (Phi) is 3.12. The van der Waals surface area contributed by atoms with Crippen molar-refractivity contribution in [2.75, 3.05) is 13.1 Å². The molecule has 0 aromatic carbocycles. The second-order valence-electron chi connectivity index (χ2n) is 5.21. The van der Waals surface area contributed by atoms with Gasteiger partial charge in [-0.2, -0.15) is 0 Å². The van der Waals surface area contributed by atoms with Crippen LogP contribution in [0, 0.1) is 17.8 Å². The summed E-state index contributed by atoms with van der Waals surface area (Å²) >= 11 is 0. The SMILES string of the molecule is CC1OC(C)C(C(=O)N2CC(C(=O)O)C2)C1C. The molecule has 0 aliphatic carbocycles. The van der Waals surface area contributed by atoms with E-state index in [1.54, 1.807) is 4.90 Å². The first-order valence-corrected chi connectivity index (χ1v) is 6.09. The first kappa shape index (κ1) is 12.4. The maximum absolute atomic E-state index is 12.2. The molecule has 96 valence electrons. The van der Waals surface area contributed by atoms with Crippen LogP contribution in [0.1, 0.15) is 20.8 Å². The van der Waals surface area contributed by atoms with Crippen LogP contribution in [0.2, 0.25) is 0 Å². The van der Waals surface area contributed by atoms with E-state index in [1.807, 2.05) is 20.8 Å². The fraction of sp³-hybridized carbons (Fsp3) is 0.833. The molecule has 4 unspecified atom stereocenters. The molecule has 0 aromatic heterocycles. The van der Waals surface area contributed by atoms with Crippen molar-refractivity contribution in [3.8, 4) is 0 Å². The number of carbonyl (C=O) groups is 2. The minimum absolute atomic E-state index is 0.0480. The van der Waals surface area contributed by atoms with Gasteiger partial charge >= 0.3 is 5.97 Å². The molecule has 0 aromatic rings. The van der Waals surface area contributed by atoms with Crippen molar-refractivity contribution in [1.29, 1.82) is 0 Å². The van der Waals surface area contributed by atoms with Crippen molar-refractivity contribution in [3.63, 3.8) is 0 Å². The Bertz CT molecular complexity index is 337. The predicted octanol–water partition coefficient (Wildman–Crippen LogP) is 0.589. The highest BCUT2D eigenvalue weighted by atomic mass is 16.5. The Hall–Kier alpha value is -1.10. The lowest BCUT2D eigenvalue weighted by molar-refractivity contribution is -0.155. The van der Waals surface area contributed by atoms with Gasteiger partial charge in [-0.1, -0.05) is 6.92 Å². The summed E-state index contributed by atoms with van der Waals surface area (Å²) < 4.78 is 5.64. The lowest BCUT2D eigenvalue weighted by atomic mass is 9.86. The monoisotopic (exact) mass is 241 g/mol. The Morgan fingerprint density at radius 2 is 1.76 bits per heavy atom. The summed E-state index contributed by atoms with van der Waals surface area (Å²) in [6.07, 6.45) is 0.0203. The van der Waals surface area contributed by atoms with Crippen molar-refractivity contribution < 1.29 is 19.4 Å². The molecule has 5 heteroatoms. The van der Waals surface area contributed by atoms with Crippen molar-refractivity contribution in [1.82, 2.24) is 4.90 Å². The second-order valence-corrected chi connectivity index (χ2v) is 5.21. The molecule has 0 saturated carbocycles. The van der Waals surface area contributed by atoms with Crippen LogP contribution in [0.25, 0.3) is 0 Å². The molecular formula is C12H19NO4. The molecule has 17 heavy (non-hydrogen) atoms. The van der Waals surface area contributed by atoms with Gasteiger partial charge in [0.1, 0.15) is 0 Å². The number of carboxylic acids is 1. The highest BCUT2D eigenvalue weighted by Crippen LogP contribution is 2.34. The highest BCUT2D eigenvalue weighted by Gasteiger charge is 2.46. The number of amides is 1. The molecule has 5 nitrogen and oxygen atoms in total. The van der Waals surface area contributed by atoms with Gasteiger partial charge in [-0.15, -0.1) is 0 Å². The molecule has 2 saturated heterocycles. The zero-order chi connectivity index (χ0) is 12.7. The van der Waals surface area contributed by atoms with E-state index >= 15 is 0 Å². The maximum atomic E-state index is 12.2. The normalized spacial score (nSPS) is 37.9. The van der Waals surface area contributed by atoms with Gasteiger partial charge in [0.05, 0.1) is 24.0 Å². The molecule has 0 spiro atoms. The molecule has 0 radical (unpaired) electrons. The lowest BCUT2D eigenvalue weighted by Crippen LogP contribution is -2.56. The quantitative estimate of drug-likeness (QED) is 0.768. The van der Waals surface area contributed by atoms with E-state index in [1.165, 1.54) is 0 Å². The summed E-state index contributed by atoms with van der Waals surface area (Å²) in [4.78, 5) is 24.5. The van der Waals surface area contributed by atoms with E-state index in [2.05, 4.69) is 0 Å². The van der Waals surface area contributed by atoms with E-state index < -0.39 is 5.97 Å². The summed E-state index contributed by atoms with van der Waals surface area (Å²) in [7, 11) is 0. The molecule has 2 rings (SSSR count). The van der Waals surface area contributed by atoms with Gasteiger partial charge in [-0.25, -0.2) is 0 Å². The third kappa shape index (κ3) is 2.04. The topological polar surface area (TPSA) is 66.8 Å².